The molecule has 0 saturated heterocycles. The first kappa shape index (κ1) is 14.8. The molecule has 1 aromatic rings. The lowest BCUT2D eigenvalue weighted by Crippen LogP contribution is -2.17. The molecule has 102 valence electrons. The molecule has 0 unspecified atom stereocenters. The van der Waals surface area contributed by atoms with Crippen LogP contribution >= 0.6 is 0 Å². The van der Waals surface area contributed by atoms with Crippen molar-refractivity contribution in [2.75, 3.05) is 34.0 Å². The van der Waals surface area contributed by atoms with Crippen molar-refractivity contribution in [2.45, 2.75) is 19.9 Å². The van der Waals surface area contributed by atoms with Crippen molar-refractivity contribution in [1.82, 2.24) is 5.32 Å². The Hall–Kier alpha value is -1.26. The topological polar surface area (TPSA) is 39.7 Å². The van der Waals surface area contributed by atoms with Crippen LogP contribution in [0.5, 0.6) is 11.5 Å². The maximum absolute atomic E-state index is 5.32. The van der Waals surface area contributed by atoms with E-state index in [4.69, 9.17) is 14.2 Å². The fraction of sp³-hybridized carbons (Fsp3) is 0.571. The Kier molecular flexibility index (Phi) is 7.22. The Morgan fingerprint density at radius 3 is 2.67 bits per heavy atom. The van der Waals surface area contributed by atoms with Gasteiger partial charge in [-0.15, -0.1) is 0 Å². The van der Waals surface area contributed by atoms with Crippen LogP contribution in [0.25, 0.3) is 0 Å². The van der Waals surface area contributed by atoms with Gasteiger partial charge in [-0.2, -0.15) is 0 Å². The number of hydrogen-bond acceptors (Lipinski definition) is 4. The summed E-state index contributed by atoms with van der Waals surface area (Å²) >= 11 is 0. The summed E-state index contributed by atoms with van der Waals surface area (Å²) in [6.07, 6.45) is 1.01. The fourth-order valence-electron chi connectivity index (χ4n) is 1.69. The van der Waals surface area contributed by atoms with Gasteiger partial charge in [0.1, 0.15) is 11.5 Å². The zero-order valence-electron chi connectivity index (χ0n) is 11.5. The highest BCUT2D eigenvalue weighted by atomic mass is 16.5. The molecular weight excluding hydrogens is 230 g/mol. The average Bonchev–Trinajstić information content (AvgIpc) is 2.42. The van der Waals surface area contributed by atoms with Gasteiger partial charge in [0.2, 0.25) is 0 Å². The van der Waals surface area contributed by atoms with Gasteiger partial charge < -0.3 is 19.5 Å². The van der Waals surface area contributed by atoms with Crippen LogP contribution in [0.3, 0.4) is 0 Å². The van der Waals surface area contributed by atoms with Gasteiger partial charge in [0.25, 0.3) is 0 Å². The smallest absolute Gasteiger partial charge is 0.123 e. The standard InChI is InChI=1S/C14H23NO3/c1-4-18-9-5-8-15-11-12-10-13(16-2)6-7-14(12)17-3/h6-7,10,15H,4-5,8-9,11H2,1-3H3. The van der Waals surface area contributed by atoms with Gasteiger partial charge in [-0.3, -0.25) is 0 Å². The van der Waals surface area contributed by atoms with Crippen molar-refractivity contribution >= 4 is 0 Å². The summed E-state index contributed by atoms with van der Waals surface area (Å²) in [7, 11) is 3.35. The molecule has 0 aliphatic rings. The van der Waals surface area contributed by atoms with E-state index in [0.29, 0.717) is 0 Å². The molecule has 0 spiro atoms. The van der Waals surface area contributed by atoms with E-state index in [9.17, 15) is 0 Å². The molecule has 4 heteroatoms. The van der Waals surface area contributed by atoms with E-state index >= 15 is 0 Å². The van der Waals surface area contributed by atoms with E-state index in [1.165, 1.54) is 0 Å². The molecule has 1 N–H and O–H groups in total. The zero-order valence-corrected chi connectivity index (χ0v) is 11.5. The summed E-state index contributed by atoms with van der Waals surface area (Å²) in [4.78, 5) is 0. The van der Waals surface area contributed by atoms with Crippen LogP contribution in [0.2, 0.25) is 0 Å². The van der Waals surface area contributed by atoms with Crippen molar-refractivity contribution in [3.63, 3.8) is 0 Å². The normalized spacial score (nSPS) is 10.4. The molecular formula is C14H23NO3. The lowest BCUT2D eigenvalue weighted by atomic mass is 10.2. The summed E-state index contributed by atoms with van der Waals surface area (Å²) in [6, 6.07) is 5.82. The van der Waals surface area contributed by atoms with Crippen LogP contribution in [0, 0.1) is 0 Å². The molecule has 18 heavy (non-hydrogen) atoms. The largest absolute Gasteiger partial charge is 0.497 e. The molecule has 0 saturated carbocycles. The van der Waals surface area contributed by atoms with Crippen LogP contribution < -0.4 is 14.8 Å². The second-order valence-corrected chi connectivity index (χ2v) is 3.91. The minimum atomic E-state index is 0.770. The summed E-state index contributed by atoms with van der Waals surface area (Å²) < 4.78 is 15.8. The highest BCUT2D eigenvalue weighted by Crippen LogP contribution is 2.23. The van der Waals surface area contributed by atoms with Crippen LogP contribution in [-0.2, 0) is 11.3 Å². The monoisotopic (exact) mass is 253 g/mol. The molecule has 0 atom stereocenters. The third-order valence-electron chi connectivity index (χ3n) is 2.65. The third-order valence-corrected chi connectivity index (χ3v) is 2.65. The molecule has 0 fully saturated rings. The van der Waals surface area contributed by atoms with E-state index in [2.05, 4.69) is 5.32 Å². The molecule has 0 aliphatic heterocycles. The Morgan fingerprint density at radius 2 is 2.00 bits per heavy atom. The van der Waals surface area contributed by atoms with Crippen molar-refractivity contribution in [2.24, 2.45) is 0 Å². The minimum Gasteiger partial charge on any atom is -0.497 e. The van der Waals surface area contributed by atoms with Gasteiger partial charge >= 0.3 is 0 Å². The Labute approximate surface area is 109 Å². The Balaban J connectivity index is 2.39. The van der Waals surface area contributed by atoms with Crippen molar-refractivity contribution in [3.8, 4) is 11.5 Å². The first-order valence-corrected chi connectivity index (χ1v) is 6.31. The zero-order chi connectivity index (χ0) is 13.2. The highest BCUT2D eigenvalue weighted by Gasteiger charge is 2.04. The molecule has 0 aromatic heterocycles. The van der Waals surface area contributed by atoms with Gasteiger partial charge in [0.05, 0.1) is 14.2 Å². The third kappa shape index (κ3) is 4.94. The predicted octanol–water partition coefficient (Wildman–Crippen LogP) is 2.22. The number of hydrogen-bond donors (Lipinski definition) is 1. The van der Waals surface area contributed by atoms with Crippen LogP contribution in [0.15, 0.2) is 18.2 Å². The van der Waals surface area contributed by atoms with Crippen molar-refractivity contribution in [3.05, 3.63) is 23.8 Å². The van der Waals surface area contributed by atoms with Crippen LogP contribution in [-0.4, -0.2) is 34.0 Å². The molecule has 0 aliphatic carbocycles. The first-order chi connectivity index (χ1) is 8.81. The van der Waals surface area contributed by atoms with E-state index in [-0.39, 0.29) is 0 Å². The predicted molar refractivity (Wildman–Crippen MR) is 72.4 cm³/mol. The van der Waals surface area contributed by atoms with Gasteiger partial charge in [-0.05, 0) is 38.1 Å². The molecule has 1 aromatic carbocycles. The maximum atomic E-state index is 5.32. The van der Waals surface area contributed by atoms with E-state index in [0.717, 1.165) is 49.8 Å². The number of benzene rings is 1. The second-order valence-electron chi connectivity index (χ2n) is 3.91. The molecule has 0 heterocycles. The minimum absolute atomic E-state index is 0.770. The lowest BCUT2D eigenvalue weighted by molar-refractivity contribution is 0.144. The molecule has 0 amide bonds. The summed E-state index contributed by atoms with van der Waals surface area (Å²) in [5.41, 5.74) is 1.10. The summed E-state index contributed by atoms with van der Waals surface area (Å²) in [5.74, 6) is 1.73. The molecule has 4 nitrogen and oxygen atoms in total. The quantitative estimate of drug-likeness (QED) is 0.685. The first-order valence-electron chi connectivity index (χ1n) is 6.31. The SMILES string of the molecule is CCOCCCNCc1cc(OC)ccc1OC. The van der Waals surface area contributed by atoms with Gasteiger partial charge in [-0.1, -0.05) is 0 Å². The van der Waals surface area contributed by atoms with Crippen molar-refractivity contribution < 1.29 is 14.2 Å². The Bertz CT molecular complexity index is 342. The average molecular weight is 253 g/mol. The maximum Gasteiger partial charge on any atom is 0.123 e. The summed E-state index contributed by atoms with van der Waals surface area (Å²) in [6.45, 7) is 5.30. The number of nitrogens with one attached hydrogen (secondary N) is 1. The van der Waals surface area contributed by atoms with Gasteiger partial charge in [0.15, 0.2) is 0 Å². The van der Waals surface area contributed by atoms with Crippen LogP contribution in [0.4, 0.5) is 0 Å². The van der Waals surface area contributed by atoms with Gasteiger partial charge in [0, 0.05) is 25.3 Å². The molecule has 1 rings (SSSR count). The number of rotatable bonds is 9. The second kappa shape index (κ2) is 8.78. The van der Waals surface area contributed by atoms with Crippen molar-refractivity contribution in [1.29, 1.82) is 0 Å². The van der Waals surface area contributed by atoms with Gasteiger partial charge in [-0.25, -0.2) is 0 Å². The van der Waals surface area contributed by atoms with E-state index < -0.39 is 0 Å². The molecule has 0 radical (unpaired) electrons. The fourth-order valence-corrected chi connectivity index (χ4v) is 1.69. The van der Waals surface area contributed by atoms with Crippen LogP contribution in [0.1, 0.15) is 18.9 Å². The number of methoxy groups -OCH3 is 2. The number of ether oxygens (including phenoxy) is 3. The van der Waals surface area contributed by atoms with E-state index in [1.54, 1.807) is 14.2 Å². The summed E-state index contributed by atoms with van der Waals surface area (Å²) in [5, 5.41) is 3.37. The lowest BCUT2D eigenvalue weighted by Gasteiger charge is -2.11. The highest BCUT2D eigenvalue weighted by molar-refractivity contribution is 5.40. The molecule has 0 bridgehead atoms. The Morgan fingerprint density at radius 1 is 1.17 bits per heavy atom. The van der Waals surface area contributed by atoms with E-state index in [1.807, 2.05) is 25.1 Å².